The van der Waals surface area contributed by atoms with Crippen molar-refractivity contribution >= 4 is 56.2 Å². The summed E-state index contributed by atoms with van der Waals surface area (Å²) < 4.78 is 26.6. The van der Waals surface area contributed by atoms with Crippen molar-refractivity contribution in [3.63, 3.8) is 0 Å². The summed E-state index contributed by atoms with van der Waals surface area (Å²) in [7, 11) is -3.63. The summed E-state index contributed by atoms with van der Waals surface area (Å²) in [5, 5.41) is 0.639. The zero-order chi connectivity index (χ0) is 15.6. The van der Waals surface area contributed by atoms with E-state index in [1.807, 2.05) is 0 Å². The van der Waals surface area contributed by atoms with Gasteiger partial charge in [0.2, 0.25) is 10.0 Å². The second-order valence-corrected chi connectivity index (χ2v) is 7.29. The molecule has 3 N–H and O–H groups in total. The Morgan fingerprint density at radius 2 is 1.52 bits per heavy atom. The maximum Gasteiger partial charge on any atom is 0.236 e. The van der Waals surface area contributed by atoms with Crippen molar-refractivity contribution in [2.75, 3.05) is 10.5 Å². The summed E-state index contributed by atoms with van der Waals surface area (Å²) in [6, 6.07) is 9.31. The molecular formula is C13H11Cl3N2O2S. The van der Waals surface area contributed by atoms with Crippen LogP contribution < -0.4 is 10.5 Å². The molecule has 0 aromatic heterocycles. The molecule has 0 heterocycles. The van der Waals surface area contributed by atoms with E-state index in [0.717, 1.165) is 0 Å². The molecule has 0 fully saturated rings. The normalized spacial score (nSPS) is 11.4. The highest BCUT2D eigenvalue weighted by molar-refractivity contribution is 7.91. The predicted molar refractivity (Wildman–Crippen MR) is 88.6 cm³/mol. The number of nitrogens with two attached hydrogens (primary N) is 1. The van der Waals surface area contributed by atoms with Gasteiger partial charge in [0.05, 0.1) is 26.5 Å². The number of halogens is 3. The lowest BCUT2D eigenvalue weighted by Crippen LogP contribution is -2.15. The van der Waals surface area contributed by atoms with Gasteiger partial charge in [-0.1, -0.05) is 46.9 Å². The van der Waals surface area contributed by atoms with E-state index in [9.17, 15) is 8.42 Å². The minimum atomic E-state index is -3.63. The van der Waals surface area contributed by atoms with Crippen molar-refractivity contribution in [3.05, 3.63) is 57.0 Å². The summed E-state index contributed by atoms with van der Waals surface area (Å²) in [6.45, 7) is 0. The molecule has 0 aliphatic heterocycles. The minimum Gasteiger partial charge on any atom is -0.399 e. The van der Waals surface area contributed by atoms with Gasteiger partial charge in [0.1, 0.15) is 0 Å². The molecule has 112 valence electrons. The van der Waals surface area contributed by atoms with Crippen molar-refractivity contribution in [2.24, 2.45) is 0 Å². The van der Waals surface area contributed by atoms with E-state index in [1.54, 1.807) is 24.3 Å². The molecule has 0 spiro atoms. The second kappa shape index (κ2) is 6.32. The van der Waals surface area contributed by atoms with Crippen molar-refractivity contribution in [2.45, 2.75) is 5.75 Å². The van der Waals surface area contributed by atoms with Crippen molar-refractivity contribution in [1.82, 2.24) is 0 Å². The first-order valence-corrected chi connectivity index (χ1v) is 8.55. The predicted octanol–water partition coefficient (Wildman–Crippen LogP) is 4.17. The van der Waals surface area contributed by atoms with E-state index in [1.165, 1.54) is 12.1 Å². The Hall–Kier alpha value is -1.14. The van der Waals surface area contributed by atoms with E-state index in [4.69, 9.17) is 40.5 Å². The van der Waals surface area contributed by atoms with Crippen LogP contribution >= 0.6 is 34.8 Å². The molecule has 0 amide bonds. The number of hydrogen-bond acceptors (Lipinski definition) is 3. The molecule has 21 heavy (non-hydrogen) atoms. The van der Waals surface area contributed by atoms with Crippen LogP contribution in [0.25, 0.3) is 0 Å². The Labute approximate surface area is 137 Å². The molecule has 0 saturated heterocycles. The fourth-order valence-corrected chi connectivity index (χ4v) is 3.50. The van der Waals surface area contributed by atoms with Gasteiger partial charge in [0.15, 0.2) is 0 Å². The molecular weight excluding hydrogens is 355 g/mol. The van der Waals surface area contributed by atoms with Crippen molar-refractivity contribution in [3.8, 4) is 0 Å². The first-order chi connectivity index (χ1) is 9.77. The lowest BCUT2D eigenvalue weighted by molar-refractivity contribution is 0.600. The minimum absolute atomic E-state index is 0.172. The smallest absolute Gasteiger partial charge is 0.236 e. The SMILES string of the molecule is Nc1ccc(CS(=O)(=O)Nc2cc(Cl)c(Cl)cc2Cl)cc1. The van der Waals surface area contributed by atoms with Crippen molar-refractivity contribution < 1.29 is 8.42 Å². The fourth-order valence-electron chi connectivity index (χ4n) is 1.64. The van der Waals surface area contributed by atoms with Crippen LogP contribution in [0.4, 0.5) is 11.4 Å². The quantitative estimate of drug-likeness (QED) is 0.631. The van der Waals surface area contributed by atoms with Gasteiger partial charge in [0.25, 0.3) is 0 Å². The van der Waals surface area contributed by atoms with Gasteiger partial charge in [-0.25, -0.2) is 8.42 Å². The first-order valence-electron chi connectivity index (χ1n) is 5.76. The lowest BCUT2D eigenvalue weighted by Gasteiger charge is -2.11. The molecule has 0 unspecified atom stereocenters. The molecule has 2 aromatic carbocycles. The fraction of sp³-hybridized carbons (Fsp3) is 0.0769. The molecule has 4 nitrogen and oxygen atoms in total. The number of nitrogens with one attached hydrogen (secondary N) is 1. The van der Waals surface area contributed by atoms with Gasteiger partial charge < -0.3 is 5.73 Å². The maximum absolute atomic E-state index is 12.1. The van der Waals surface area contributed by atoms with Crippen LogP contribution in [0, 0.1) is 0 Å². The van der Waals surface area contributed by atoms with Gasteiger partial charge >= 0.3 is 0 Å². The van der Waals surface area contributed by atoms with E-state index in [0.29, 0.717) is 11.3 Å². The maximum atomic E-state index is 12.1. The average molecular weight is 366 g/mol. The number of sulfonamides is 1. The summed E-state index contributed by atoms with van der Waals surface area (Å²) in [5.41, 5.74) is 6.91. The van der Waals surface area contributed by atoms with Gasteiger partial charge in [-0.15, -0.1) is 0 Å². The van der Waals surface area contributed by atoms with Crippen LogP contribution in [0.1, 0.15) is 5.56 Å². The third kappa shape index (κ3) is 4.41. The largest absolute Gasteiger partial charge is 0.399 e. The van der Waals surface area contributed by atoms with Crippen molar-refractivity contribution in [1.29, 1.82) is 0 Å². The van der Waals surface area contributed by atoms with Crippen LogP contribution in [0.3, 0.4) is 0 Å². The standard InChI is InChI=1S/C13H11Cl3N2O2S/c14-10-5-12(16)13(6-11(10)15)18-21(19,20)7-8-1-3-9(17)4-2-8/h1-6,18H,7,17H2. The summed E-state index contributed by atoms with van der Waals surface area (Å²) >= 11 is 17.6. The molecule has 0 aliphatic rings. The third-order valence-corrected chi connectivity index (χ3v) is 4.89. The van der Waals surface area contributed by atoms with E-state index in [-0.39, 0.29) is 26.5 Å². The molecule has 2 rings (SSSR count). The van der Waals surface area contributed by atoms with Crippen LogP contribution in [-0.2, 0) is 15.8 Å². The van der Waals surface area contributed by atoms with Gasteiger partial charge in [-0.2, -0.15) is 0 Å². The Morgan fingerprint density at radius 3 is 2.14 bits per heavy atom. The highest BCUT2D eigenvalue weighted by Gasteiger charge is 2.15. The summed E-state index contributed by atoms with van der Waals surface area (Å²) in [5.74, 6) is -0.205. The Morgan fingerprint density at radius 1 is 0.952 bits per heavy atom. The summed E-state index contributed by atoms with van der Waals surface area (Å²) in [6.07, 6.45) is 0. The van der Waals surface area contributed by atoms with Gasteiger partial charge in [-0.3, -0.25) is 4.72 Å². The highest BCUT2D eigenvalue weighted by Crippen LogP contribution is 2.33. The lowest BCUT2D eigenvalue weighted by atomic mass is 10.2. The van der Waals surface area contributed by atoms with Crippen LogP contribution in [0.2, 0.25) is 15.1 Å². The first kappa shape index (κ1) is 16.2. The molecule has 0 aliphatic carbocycles. The van der Waals surface area contributed by atoms with Crippen LogP contribution in [-0.4, -0.2) is 8.42 Å². The number of hydrogen-bond donors (Lipinski definition) is 2. The Kier molecular flexibility index (Phi) is 4.88. The van der Waals surface area contributed by atoms with E-state index in [2.05, 4.69) is 4.72 Å². The van der Waals surface area contributed by atoms with E-state index < -0.39 is 10.0 Å². The van der Waals surface area contributed by atoms with Crippen LogP contribution in [0.5, 0.6) is 0 Å². The number of nitrogen functional groups attached to an aromatic ring is 1. The second-order valence-electron chi connectivity index (χ2n) is 4.35. The number of rotatable bonds is 4. The summed E-state index contributed by atoms with van der Waals surface area (Å²) in [4.78, 5) is 0. The third-order valence-electron chi connectivity index (χ3n) is 2.61. The van der Waals surface area contributed by atoms with Gasteiger partial charge in [0, 0.05) is 5.69 Å². The molecule has 8 heteroatoms. The number of anilines is 2. The molecule has 2 aromatic rings. The zero-order valence-electron chi connectivity index (χ0n) is 10.6. The topological polar surface area (TPSA) is 72.2 Å². The van der Waals surface area contributed by atoms with Crippen LogP contribution in [0.15, 0.2) is 36.4 Å². The molecule has 0 atom stereocenters. The molecule has 0 radical (unpaired) electrons. The number of benzene rings is 2. The van der Waals surface area contributed by atoms with Gasteiger partial charge in [-0.05, 0) is 29.8 Å². The zero-order valence-corrected chi connectivity index (χ0v) is 13.7. The Balaban J connectivity index is 2.21. The average Bonchev–Trinajstić information content (AvgIpc) is 2.38. The highest BCUT2D eigenvalue weighted by atomic mass is 35.5. The van der Waals surface area contributed by atoms with E-state index >= 15 is 0 Å². The molecule has 0 saturated carbocycles. The monoisotopic (exact) mass is 364 g/mol. The Bertz CT molecular complexity index is 762. The molecule has 0 bridgehead atoms.